The van der Waals surface area contributed by atoms with Gasteiger partial charge in [-0.2, -0.15) is 0 Å². The Labute approximate surface area is 151 Å². The van der Waals surface area contributed by atoms with Gasteiger partial charge in [0.2, 0.25) is 0 Å². The van der Waals surface area contributed by atoms with Crippen LogP contribution in [0.1, 0.15) is 41.8 Å². The van der Waals surface area contributed by atoms with E-state index in [-0.39, 0.29) is 17.8 Å². The molecule has 0 atom stereocenters. The maximum absolute atomic E-state index is 12.7. The number of aryl methyl sites for hydroxylation is 1. The van der Waals surface area contributed by atoms with E-state index in [2.05, 4.69) is 10.3 Å². The second kappa shape index (κ2) is 8.62. The fourth-order valence-electron chi connectivity index (χ4n) is 2.22. The highest BCUT2D eigenvalue weighted by atomic mass is 32.1. The van der Waals surface area contributed by atoms with Gasteiger partial charge in [0, 0.05) is 17.1 Å². The number of esters is 1. The molecular weight excluding hydrogens is 338 g/mol. The normalized spacial score (nSPS) is 10.6. The summed E-state index contributed by atoms with van der Waals surface area (Å²) in [5.74, 6) is -0.439. The lowest BCUT2D eigenvalue weighted by atomic mass is 10.2. The summed E-state index contributed by atoms with van der Waals surface area (Å²) in [6.07, 6.45) is 0. The summed E-state index contributed by atoms with van der Waals surface area (Å²) >= 11 is 1.34. The number of benzene rings is 1. The molecule has 0 radical (unpaired) electrons. The Morgan fingerprint density at radius 1 is 1.32 bits per heavy atom. The Bertz CT molecular complexity index is 743. The molecule has 1 aromatic heterocycles. The minimum Gasteiger partial charge on any atom is -0.461 e. The van der Waals surface area contributed by atoms with Crippen LogP contribution in [-0.2, 0) is 11.3 Å². The van der Waals surface area contributed by atoms with Crippen LogP contribution in [-0.4, -0.2) is 34.5 Å². The number of ether oxygens (including phenoxy) is 1. The number of urea groups is 1. The Kier molecular flexibility index (Phi) is 6.52. The van der Waals surface area contributed by atoms with Crippen molar-refractivity contribution in [3.05, 3.63) is 45.9 Å². The second-order valence-corrected chi connectivity index (χ2v) is 6.76. The van der Waals surface area contributed by atoms with Gasteiger partial charge >= 0.3 is 12.0 Å². The number of thiazole rings is 1. The van der Waals surface area contributed by atoms with Crippen LogP contribution in [0.3, 0.4) is 0 Å². The molecule has 0 aliphatic carbocycles. The highest BCUT2D eigenvalue weighted by Gasteiger charge is 2.20. The van der Waals surface area contributed by atoms with Crippen molar-refractivity contribution < 1.29 is 14.3 Å². The van der Waals surface area contributed by atoms with E-state index in [0.29, 0.717) is 18.2 Å². The van der Waals surface area contributed by atoms with Gasteiger partial charge in [-0.1, -0.05) is 18.2 Å². The number of hydrogen-bond acceptors (Lipinski definition) is 5. The zero-order valence-electron chi connectivity index (χ0n) is 14.9. The Morgan fingerprint density at radius 3 is 2.68 bits per heavy atom. The van der Waals surface area contributed by atoms with Crippen LogP contribution in [0.2, 0.25) is 0 Å². The van der Waals surface area contributed by atoms with Gasteiger partial charge in [0.25, 0.3) is 0 Å². The molecule has 2 amide bonds. The van der Waals surface area contributed by atoms with E-state index in [9.17, 15) is 9.59 Å². The average molecular weight is 361 g/mol. The first kappa shape index (κ1) is 18.9. The van der Waals surface area contributed by atoms with Crippen LogP contribution >= 0.6 is 11.3 Å². The molecule has 0 bridgehead atoms. The molecule has 7 heteroatoms. The van der Waals surface area contributed by atoms with E-state index in [0.717, 1.165) is 11.3 Å². The predicted molar refractivity (Wildman–Crippen MR) is 98.9 cm³/mol. The number of anilines is 1. The molecule has 0 unspecified atom stereocenters. The summed E-state index contributed by atoms with van der Waals surface area (Å²) in [5.41, 5.74) is 2.06. The van der Waals surface area contributed by atoms with Gasteiger partial charge in [-0.05, 0) is 39.3 Å². The van der Waals surface area contributed by atoms with Crippen LogP contribution in [0.5, 0.6) is 0 Å². The highest BCUT2D eigenvalue weighted by molar-refractivity contribution is 7.09. The summed E-state index contributed by atoms with van der Waals surface area (Å²) < 4.78 is 4.95. The highest BCUT2D eigenvalue weighted by Crippen LogP contribution is 2.18. The fourth-order valence-corrected chi connectivity index (χ4v) is 2.98. The van der Waals surface area contributed by atoms with Crippen molar-refractivity contribution in [1.29, 1.82) is 0 Å². The third-order valence-electron chi connectivity index (χ3n) is 3.61. The summed E-state index contributed by atoms with van der Waals surface area (Å²) in [4.78, 5) is 30.3. The number of nitrogens with zero attached hydrogens (tertiary/aromatic N) is 2. The Balaban J connectivity index is 2.09. The standard InChI is InChI=1S/C18H23N3O3S/c1-5-24-17(22)15-11-25-16(19-15)10-21(12(2)3)18(23)20-14-9-7-6-8-13(14)4/h6-9,11-12H,5,10H2,1-4H3,(H,20,23). The van der Waals surface area contributed by atoms with Gasteiger partial charge in [0.05, 0.1) is 13.2 Å². The summed E-state index contributed by atoms with van der Waals surface area (Å²) in [6, 6.07) is 7.42. The molecule has 0 fully saturated rings. The van der Waals surface area contributed by atoms with Crippen LogP contribution in [0, 0.1) is 6.92 Å². The van der Waals surface area contributed by atoms with E-state index in [1.165, 1.54) is 11.3 Å². The smallest absolute Gasteiger partial charge is 0.357 e. The Morgan fingerprint density at radius 2 is 2.04 bits per heavy atom. The molecule has 0 aliphatic heterocycles. The molecular formula is C18H23N3O3S. The van der Waals surface area contributed by atoms with Crippen LogP contribution < -0.4 is 5.32 Å². The molecule has 134 valence electrons. The minimum absolute atomic E-state index is 0.0149. The molecule has 0 aliphatic rings. The maximum atomic E-state index is 12.7. The molecule has 0 saturated carbocycles. The van der Waals surface area contributed by atoms with Crippen LogP contribution in [0.25, 0.3) is 0 Å². The van der Waals surface area contributed by atoms with Crippen molar-refractivity contribution in [3.63, 3.8) is 0 Å². The first-order valence-corrected chi connectivity index (χ1v) is 9.05. The largest absolute Gasteiger partial charge is 0.461 e. The number of carbonyl (C=O) groups excluding carboxylic acids is 2. The Hall–Kier alpha value is -2.41. The van der Waals surface area contributed by atoms with Crippen molar-refractivity contribution >= 4 is 29.0 Å². The van der Waals surface area contributed by atoms with Gasteiger partial charge in [-0.15, -0.1) is 11.3 Å². The second-order valence-electron chi connectivity index (χ2n) is 5.81. The van der Waals surface area contributed by atoms with Crippen molar-refractivity contribution in [3.8, 4) is 0 Å². The summed E-state index contributed by atoms with van der Waals surface area (Å²) in [7, 11) is 0. The van der Waals surface area contributed by atoms with Gasteiger partial charge in [-0.3, -0.25) is 0 Å². The molecule has 1 N–H and O–H groups in total. The zero-order valence-corrected chi connectivity index (χ0v) is 15.7. The number of rotatable bonds is 6. The first-order valence-electron chi connectivity index (χ1n) is 8.17. The third-order valence-corrected chi connectivity index (χ3v) is 4.45. The van der Waals surface area contributed by atoms with E-state index < -0.39 is 5.97 Å². The lowest BCUT2D eigenvalue weighted by Gasteiger charge is -2.26. The molecule has 0 spiro atoms. The topological polar surface area (TPSA) is 71.5 Å². The zero-order chi connectivity index (χ0) is 18.4. The minimum atomic E-state index is -0.439. The molecule has 1 heterocycles. The van der Waals surface area contributed by atoms with Crippen LogP contribution in [0.15, 0.2) is 29.6 Å². The molecule has 0 saturated heterocycles. The van der Waals surface area contributed by atoms with Crippen LogP contribution in [0.4, 0.5) is 10.5 Å². The van der Waals surface area contributed by atoms with E-state index in [4.69, 9.17) is 4.74 Å². The van der Waals surface area contributed by atoms with Crippen molar-refractivity contribution in [1.82, 2.24) is 9.88 Å². The van der Waals surface area contributed by atoms with Gasteiger partial charge in [0.15, 0.2) is 5.69 Å². The van der Waals surface area contributed by atoms with Gasteiger partial charge in [0.1, 0.15) is 5.01 Å². The molecule has 2 rings (SSSR count). The number of hydrogen-bond donors (Lipinski definition) is 1. The monoisotopic (exact) mass is 361 g/mol. The number of aromatic nitrogens is 1. The number of amides is 2. The van der Waals surface area contributed by atoms with Crippen molar-refractivity contribution in [2.75, 3.05) is 11.9 Å². The lowest BCUT2D eigenvalue weighted by molar-refractivity contribution is 0.0520. The quantitative estimate of drug-likeness (QED) is 0.787. The SMILES string of the molecule is CCOC(=O)c1csc(CN(C(=O)Nc2ccccc2C)C(C)C)n1. The molecule has 6 nitrogen and oxygen atoms in total. The predicted octanol–water partition coefficient (Wildman–Crippen LogP) is 4.07. The molecule has 25 heavy (non-hydrogen) atoms. The van der Waals surface area contributed by atoms with E-state index >= 15 is 0 Å². The average Bonchev–Trinajstić information content (AvgIpc) is 3.03. The number of para-hydroxylation sites is 1. The lowest BCUT2D eigenvalue weighted by Crippen LogP contribution is -2.39. The fraction of sp³-hybridized carbons (Fsp3) is 0.389. The summed E-state index contributed by atoms with van der Waals surface area (Å²) in [6.45, 7) is 8.22. The molecule has 1 aromatic carbocycles. The van der Waals surface area contributed by atoms with Crippen molar-refractivity contribution in [2.24, 2.45) is 0 Å². The number of carbonyl (C=O) groups is 2. The van der Waals surface area contributed by atoms with Gasteiger partial charge in [-0.25, -0.2) is 14.6 Å². The van der Waals surface area contributed by atoms with Crippen molar-refractivity contribution in [2.45, 2.75) is 40.3 Å². The summed E-state index contributed by atoms with van der Waals surface area (Å²) in [5, 5.41) is 5.28. The van der Waals surface area contributed by atoms with E-state index in [1.54, 1.807) is 17.2 Å². The first-order chi connectivity index (χ1) is 11.9. The number of nitrogens with one attached hydrogen (secondary N) is 1. The third kappa shape index (κ3) is 5.03. The van der Waals surface area contributed by atoms with E-state index in [1.807, 2.05) is 45.0 Å². The maximum Gasteiger partial charge on any atom is 0.357 e. The molecule has 2 aromatic rings. The van der Waals surface area contributed by atoms with Gasteiger partial charge < -0.3 is 15.0 Å².